The minimum atomic E-state index is -0.602. The standard InChI is InChI=1S/C23H17BrN2O4/c1-12-18(23(28)29-2)19(13-7-8-17(16(24)11-13)30-10-9-25)20-21(26-12)14-5-3-4-6-15(14)22(20)27/h3-8,11,19,26H,10H2,1-2H3/t19-/m0/s1. The summed E-state index contributed by atoms with van der Waals surface area (Å²) in [5.41, 5.74) is 4.41. The van der Waals surface area contributed by atoms with E-state index in [4.69, 9.17) is 14.7 Å². The summed E-state index contributed by atoms with van der Waals surface area (Å²) in [6.07, 6.45) is 0. The molecular weight excluding hydrogens is 448 g/mol. The number of carbonyl (C=O) groups excluding carboxylic acids is 2. The molecule has 0 unspecified atom stereocenters. The number of halogens is 1. The SMILES string of the molecule is COC(=O)C1=C(C)NC2=C(C(=O)c3ccccc32)[C@H]1c1ccc(OCC#N)c(Br)c1. The fraction of sp³-hybridized carbons (Fsp3) is 0.174. The first-order valence-electron chi connectivity index (χ1n) is 9.21. The van der Waals surface area contributed by atoms with Crippen molar-refractivity contribution in [2.24, 2.45) is 0 Å². The van der Waals surface area contributed by atoms with Gasteiger partial charge in [-0.3, -0.25) is 4.79 Å². The summed E-state index contributed by atoms with van der Waals surface area (Å²) >= 11 is 3.47. The first-order valence-corrected chi connectivity index (χ1v) is 10.0. The van der Waals surface area contributed by atoms with E-state index < -0.39 is 11.9 Å². The van der Waals surface area contributed by atoms with E-state index in [0.717, 1.165) is 11.1 Å². The number of fused-ring (bicyclic) bond motifs is 2. The van der Waals surface area contributed by atoms with E-state index in [1.807, 2.05) is 24.3 Å². The smallest absolute Gasteiger partial charge is 0.336 e. The molecule has 30 heavy (non-hydrogen) atoms. The first kappa shape index (κ1) is 19.9. The van der Waals surface area contributed by atoms with Crippen LogP contribution in [0.4, 0.5) is 0 Å². The molecule has 0 saturated heterocycles. The Balaban J connectivity index is 1.89. The normalized spacial score (nSPS) is 17.1. The Hall–Kier alpha value is -3.37. The summed E-state index contributed by atoms with van der Waals surface area (Å²) in [7, 11) is 1.32. The van der Waals surface area contributed by atoms with Gasteiger partial charge in [-0.05, 0) is 40.5 Å². The number of nitriles is 1. The molecule has 7 heteroatoms. The lowest BCUT2D eigenvalue weighted by molar-refractivity contribution is -0.136. The monoisotopic (exact) mass is 464 g/mol. The molecule has 1 aliphatic carbocycles. The fourth-order valence-corrected chi connectivity index (χ4v) is 4.48. The van der Waals surface area contributed by atoms with Crippen molar-refractivity contribution in [3.8, 4) is 11.8 Å². The highest BCUT2D eigenvalue weighted by molar-refractivity contribution is 9.10. The molecule has 1 heterocycles. The lowest BCUT2D eigenvalue weighted by atomic mass is 9.80. The molecule has 1 aliphatic heterocycles. The average molecular weight is 465 g/mol. The number of dihydropyridines is 1. The van der Waals surface area contributed by atoms with Gasteiger partial charge in [0.05, 0.1) is 22.9 Å². The van der Waals surface area contributed by atoms with Crippen LogP contribution in [0.1, 0.15) is 34.3 Å². The zero-order valence-corrected chi connectivity index (χ0v) is 17.9. The van der Waals surface area contributed by atoms with E-state index >= 15 is 0 Å². The van der Waals surface area contributed by atoms with E-state index in [1.165, 1.54) is 7.11 Å². The summed E-state index contributed by atoms with van der Waals surface area (Å²) in [4.78, 5) is 26.0. The second-order valence-electron chi connectivity index (χ2n) is 6.89. The molecule has 6 nitrogen and oxygen atoms in total. The zero-order chi connectivity index (χ0) is 21.4. The third-order valence-corrected chi connectivity index (χ3v) is 5.86. The van der Waals surface area contributed by atoms with E-state index in [1.54, 1.807) is 31.2 Å². The van der Waals surface area contributed by atoms with Crippen molar-refractivity contribution in [2.75, 3.05) is 13.7 Å². The summed E-state index contributed by atoms with van der Waals surface area (Å²) in [6, 6.07) is 14.6. The quantitative estimate of drug-likeness (QED) is 0.685. The maximum absolute atomic E-state index is 13.3. The van der Waals surface area contributed by atoms with Crippen LogP contribution in [-0.2, 0) is 9.53 Å². The lowest BCUT2D eigenvalue weighted by Gasteiger charge is -2.29. The molecule has 2 aromatic rings. The largest absolute Gasteiger partial charge is 0.478 e. The predicted octanol–water partition coefficient (Wildman–Crippen LogP) is 4.09. The maximum Gasteiger partial charge on any atom is 0.336 e. The van der Waals surface area contributed by atoms with Crippen molar-refractivity contribution < 1.29 is 19.1 Å². The molecule has 4 rings (SSSR count). The van der Waals surface area contributed by atoms with Gasteiger partial charge in [-0.1, -0.05) is 30.3 Å². The number of rotatable bonds is 4. The highest BCUT2D eigenvalue weighted by Crippen LogP contribution is 2.47. The van der Waals surface area contributed by atoms with Gasteiger partial charge in [-0.2, -0.15) is 5.26 Å². The van der Waals surface area contributed by atoms with Gasteiger partial charge in [0.2, 0.25) is 0 Å². The van der Waals surface area contributed by atoms with E-state index in [0.29, 0.717) is 38.3 Å². The Bertz CT molecular complexity index is 1190. The summed E-state index contributed by atoms with van der Waals surface area (Å²) < 4.78 is 11.1. The molecule has 0 bridgehead atoms. The number of nitrogens with one attached hydrogen (secondary N) is 1. The van der Waals surface area contributed by atoms with Gasteiger partial charge in [-0.25, -0.2) is 4.79 Å². The molecule has 1 N–H and O–H groups in total. The minimum absolute atomic E-state index is 0.0825. The van der Waals surface area contributed by atoms with Gasteiger partial charge in [0.15, 0.2) is 12.4 Å². The van der Waals surface area contributed by atoms with Gasteiger partial charge < -0.3 is 14.8 Å². The zero-order valence-electron chi connectivity index (χ0n) is 16.3. The van der Waals surface area contributed by atoms with Gasteiger partial charge >= 0.3 is 5.97 Å². The second-order valence-corrected chi connectivity index (χ2v) is 7.74. The molecular formula is C23H17BrN2O4. The Morgan fingerprint density at radius 1 is 1.23 bits per heavy atom. The summed E-state index contributed by atoms with van der Waals surface area (Å²) in [5.74, 6) is -0.714. The molecule has 0 spiro atoms. The molecule has 2 aromatic carbocycles. The molecule has 0 saturated carbocycles. The summed E-state index contributed by atoms with van der Waals surface area (Å²) in [5, 5.41) is 12.0. The Kier molecular flexibility index (Phi) is 5.18. The highest BCUT2D eigenvalue weighted by Gasteiger charge is 2.42. The van der Waals surface area contributed by atoms with Crippen LogP contribution < -0.4 is 10.1 Å². The number of ether oxygens (including phenoxy) is 2. The van der Waals surface area contributed by atoms with Crippen molar-refractivity contribution in [1.29, 1.82) is 5.26 Å². The summed E-state index contributed by atoms with van der Waals surface area (Å²) in [6.45, 7) is 1.72. The third-order valence-electron chi connectivity index (χ3n) is 5.24. The van der Waals surface area contributed by atoms with Crippen LogP contribution in [0.5, 0.6) is 5.75 Å². The van der Waals surface area contributed by atoms with Crippen molar-refractivity contribution in [3.63, 3.8) is 0 Å². The van der Waals surface area contributed by atoms with E-state index in [2.05, 4.69) is 21.2 Å². The van der Waals surface area contributed by atoms with Crippen molar-refractivity contribution in [3.05, 3.63) is 80.5 Å². The van der Waals surface area contributed by atoms with Gasteiger partial charge in [0, 0.05) is 28.3 Å². The van der Waals surface area contributed by atoms with Crippen molar-refractivity contribution in [2.45, 2.75) is 12.8 Å². The lowest BCUT2D eigenvalue weighted by Crippen LogP contribution is -2.29. The number of Topliss-reactive ketones (excluding diaryl/α,β-unsaturated/α-hetero) is 1. The molecule has 2 aliphatic rings. The molecule has 0 radical (unpaired) electrons. The van der Waals surface area contributed by atoms with Crippen LogP contribution in [0.3, 0.4) is 0 Å². The third kappa shape index (κ3) is 3.10. The number of nitrogens with zero attached hydrogens (tertiary/aromatic N) is 1. The van der Waals surface area contributed by atoms with E-state index in [9.17, 15) is 9.59 Å². The molecule has 0 aromatic heterocycles. The molecule has 150 valence electrons. The van der Waals surface area contributed by atoms with Crippen LogP contribution in [0.15, 0.2) is 63.8 Å². The number of methoxy groups -OCH3 is 1. The van der Waals surface area contributed by atoms with Gasteiger partial charge in [0.1, 0.15) is 11.8 Å². The topological polar surface area (TPSA) is 88.4 Å². The first-order chi connectivity index (χ1) is 14.5. The minimum Gasteiger partial charge on any atom is -0.478 e. The highest BCUT2D eigenvalue weighted by atomic mass is 79.9. The molecule has 0 fully saturated rings. The molecule has 1 atom stereocenters. The number of hydrogen-bond donors (Lipinski definition) is 1. The van der Waals surface area contributed by atoms with Crippen molar-refractivity contribution >= 4 is 33.4 Å². The van der Waals surface area contributed by atoms with Crippen LogP contribution in [-0.4, -0.2) is 25.5 Å². The number of esters is 1. The Morgan fingerprint density at radius 2 is 1.97 bits per heavy atom. The number of ketones is 1. The van der Waals surface area contributed by atoms with Crippen LogP contribution >= 0.6 is 15.9 Å². The van der Waals surface area contributed by atoms with Gasteiger partial charge in [0.25, 0.3) is 0 Å². The number of allylic oxidation sites excluding steroid dienone is 2. The van der Waals surface area contributed by atoms with Crippen LogP contribution in [0, 0.1) is 11.3 Å². The van der Waals surface area contributed by atoms with E-state index in [-0.39, 0.29) is 12.4 Å². The Morgan fingerprint density at radius 3 is 2.63 bits per heavy atom. The van der Waals surface area contributed by atoms with Gasteiger partial charge in [-0.15, -0.1) is 0 Å². The fourth-order valence-electron chi connectivity index (χ4n) is 3.97. The number of carbonyl (C=O) groups is 2. The van der Waals surface area contributed by atoms with Crippen LogP contribution in [0.25, 0.3) is 5.70 Å². The van der Waals surface area contributed by atoms with Crippen molar-refractivity contribution in [1.82, 2.24) is 5.32 Å². The average Bonchev–Trinajstić information content (AvgIpc) is 3.03. The molecule has 0 amide bonds. The number of benzene rings is 2. The second kappa shape index (κ2) is 7.81. The maximum atomic E-state index is 13.3. The van der Waals surface area contributed by atoms with Crippen LogP contribution in [0.2, 0.25) is 0 Å². The Labute approximate surface area is 181 Å². The number of hydrogen-bond acceptors (Lipinski definition) is 6. The predicted molar refractivity (Wildman–Crippen MR) is 114 cm³/mol.